The molecule has 0 atom stereocenters. The van der Waals surface area contributed by atoms with Crippen LogP contribution in [-0.2, 0) is 0 Å². The third kappa shape index (κ3) is 4.74. The molecule has 0 bridgehead atoms. The summed E-state index contributed by atoms with van der Waals surface area (Å²) in [5.41, 5.74) is 0. The summed E-state index contributed by atoms with van der Waals surface area (Å²) in [6, 6.07) is 0. The SMILES string of the molecule is CCCNc1nnc(C(=O)N(CC)CC(CC)CC)s1. The maximum absolute atomic E-state index is 12.4. The topological polar surface area (TPSA) is 58.1 Å². The molecule has 0 saturated carbocycles. The fraction of sp³-hybridized carbons (Fsp3) is 0.786. The minimum atomic E-state index is 0.00134. The zero-order valence-electron chi connectivity index (χ0n) is 13.0. The van der Waals surface area contributed by atoms with Gasteiger partial charge in [0, 0.05) is 19.6 Å². The maximum Gasteiger partial charge on any atom is 0.284 e. The van der Waals surface area contributed by atoms with Gasteiger partial charge >= 0.3 is 0 Å². The van der Waals surface area contributed by atoms with Crippen LogP contribution >= 0.6 is 11.3 Å². The Morgan fingerprint density at radius 1 is 1.25 bits per heavy atom. The number of hydrogen-bond acceptors (Lipinski definition) is 5. The Balaban J connectivity index is 2.67. The molecule has 0 unspecified atom stereocenters. The van der Waals surface area contributed by atoms with Crippen molar-refractivity contribution in [2.24, 2.45) is 5.92 Å². The van der Waals surface area contributed by atoms with Crippen molar-refractivity contribution in [2.75, 3.05) is 25.0 Å². The lowest BCUT2D eigenvalue weighted by molar-refractivity contribution is 0.0733. The summed E-state index contributed by atoms with van der Waals surface area (Å²) < 4.78 is 0. The van der Waals surface area contributed by atoms with E-state index in [1.807, 2.05) is 11.8 Å². The third-order valence-corrected chi connectivity index (χ3v) is 4.31. The molecule has 114 valence electrons. The molecule has 1 aromatic heterocycles. The van der Waals surface area contributed by atoms with E-state index in [9.17, 15) is 4.79 Å². The third-order valence-electron chi connectivity index (χ3n) is 3.44. The quantitative estimate of drug-likeness (QED) is 0.760. The number of nitrogens with one attached hydrogen (secondary N) is 1. The highest BCUT2D eigenvalue weighted by Crippen LogP contribution is 2.18. The maximum atomic E-state index is 12.4. The average molecular weight is 298 g/mol. The van der Waals surface area contributed by atoms with Crippen molar-refractivity contribution in [1.82, 2.24) is 15.1 Å². The van der Waals surface area contributed by atoms with Gasteiger partial charge in [-0.3, -0.25) is 4.79 Å². The van der Waals surface area contributed by atoms with Crippen LogP contribution in [0.25, 0.3) is 0 Å². The number of rotatable bonds is 9. The van der Waals surface area contributed by atoms with Crippen LogP contribution < -0.4 is 5.32 Å². The Morgan fingerprint density at radius 2 is 1.95 bits per heavy atom. The van der Waals surface area contributed by atoms with Crippen molar-refractivity contribution in [3.05, 3.63) is 5.01 Å². The number of carbonyl (C=O) groups is 1. The molecular formula is C14H26N4OS. The fourth-order valence-electron chi connectivity index (χ4n) is 1.96. The van der Waals surface area contributed by atoms with Gasteiger partial charge in [-0.1, -0.05) is 44.9 Å². The van der Waals surface area contributed by atoms with E-state index in [1.165, 1.54) is 11.3 Å². The minimum Gasteiger partial charge on any atom is -0.360 e. The average Bonchev–Trinajstić information content (AvgIpc) is 2.94. The molecule has 0 radical (unpaired) electrons. The molecule has 1 aromatic rings. The molecule has 1 rings (SSSR count). The first-order valence-corrected chi connectivity index (χ1v) is 8.34. The van der Waals surface area contributed by atoms with E-state index in [0.717, 1.165) is 37.5 Å². The molecule has 5 nitrogen and oxygen atoms in total. The Labute approximate surface area is 125 Å². The molecule has 0 aromatic carbocycles. The van der Waals surface area contributed by atoms with Crippen molar-refractivity contribution in [1.29, 1.82) is 0 Å². The molecule has 0 aliphatic heterocycles. The number of aromatic nitrogens is 2. The van der Waals surface area contributed by atoms with Gasteiger partial charge in [0.1, 0.15) is 0 Å². The predicted octanol–water partition coefficient (Wildman–Crippen LogP) is 3.26. The van der Waals surface area contributed by atoms with Crippen LogP contribution in [0.5, 0.6) is 0 Å². The van der Waals surface area contributed by atoms with Crippen LogP contribution in [-0.4, -0.2) is 40.6 Å². The molecule has 1 amide bonds. The standard InChI is InChI=1S/C14H26N4OS/c1-5-9-15-14-17-16-12(20-14)13(19)18(8-4)10-11(6-2)7-3/h11H,5-10H2,1-4H3,(H,15,17). The highest BCUT2D eigenvalue weighted by atomic mass is 32.1. The number of hydrogen-bond donors (Lipinski definition) is 1. The largest absolute Gasteiger partial charge is 0.360 e. The highest BCUT2D eigenvalue weighted by molar-refractivity contribution is 7.17. The Bertz CT molecular complexity index is 404. The van der Waals surface area contributed by atoms with Crippen LogP contribution in [0.15, 0.2) is 0 Å². The lowest BCUT2D eigenvalue weighted by Crippen LogP contribution is -2.35. The Morgan fingerprint density at radius 3 is 2.50 bits per heavy atom. The molecule has 0 saturated heterocycles. The van der Waals surface area contributed by atoms with Gasteiger partial charge in [-0.15, -0.1) is 10.2 Å². The molecule has 0 aliphatic carbocycles. The molecule has 20 heavy (non-hydrogen) atoms. The second kappa shape index (κ2) is 8.89. The normalized spacial score (nSPS) is 10.8. The van der Waals surface area contributed by atoms with Gasteiger partial charge in [-0.05, 0) is 19.3 Å². The van der Waals surface area contributed by atoms with Gasteiger partial charge in [0.25, 0.3) is 5.91 Å². The number of carbonyl (C=O) groups excluding carboxylic acids is 1. The number of anilines is 1. The van der Waals surface area contributed by atoms with Crippen LogP contribution in [0.2, 0.25) is 0 Å². The summed E-state index contributed by atoms with van der Waals surface area (Å²) >= 11 is 1.34. The van der Waals surface area contributed by atoms with Crippen molar-refractivity contribution in [2.45, 2.75) is 47.0 Å². The lowest BCUT2D eigenvalue weighted by Gasteiger charge is -2.24. The molecular weight excluding hydrogens is 272 g/mol. The van der Waals surface area contributed by atoms with E-state index in [-0.39, 0.29) is 5.91 Å². The van der Waals surface area contributed by atoms with Crippen LogP contribution in [0.1, 0.15) is 56.8 Å². The van der Waals surface area contributed by atoms with Crippen LogP contribution in [0, 0.1) is 5.92 Å². The smallest absolute Gasteiger partial charge is 0.284 e. The number of nitrogens with zero attached hydrogens (tertiary/aromatic N) is 3. The predicted molar refractivity (Wildman–Crippen MR) is 84.3 cm³/mol. The second-order valence-corrected chi connectivity index (χ2v) is 5.84. The minimum absolute atomic E-state index is 0.00134. The molecule has 0 spiro atoms. The van der Waals surface area contributed by atoms with Crippen molar-refractivity contribution in [3.63, 3.8) is 0 Å². The van der Waals surface area contributed by atoms with Gasteiger partial charge in [0.15, 0.2) is 0 Å². The first-order chi connectivity index (χ1) is 9.65. The van der Waals surface area contributed by atoms with E-state index in [4.69, 9.17) is 0 Å². The summed E-state index contributed by atoms with van der Waals surface area (Å²) in [5, 5.41) is 12.4. The van der Waals surface area contributed by atoms with E-state index in [1.54, 1.807) is 0 Å². The fourth-order valence-corrected chi connectivity index (χ4v) is 2.70. The Kier molecular flexibility index (Phi) is 7.51. The summed E-state index contributed by atoms with van der Waals surface area (Å²) in [7, 11) is 0. The Hall–Kier alpha value is -1.17. The number of amides is 1. The van der Waals surface area contributed by atoms with E-state index >= 15 is 0 Å². The van der Waals surface area contributed by atoms with Gasteiger partial charge < -0.3 is 10.2 Å². The van der Waals surface area contributed by atoms with Crippen LogP contribution in [0.4, 0.5) is 5.13 Å². The van der Waals surface area contributed by atoms with E-state index in [0.29, 0.717) is 17.5 Å². The van der Waals surface area contributed by atoms with Crippen molar-refractivity contribution < 1.29 is 4.79 Å². The summed E-state index contributed by atoms with van der Waals surface area (Å²) in [6.45, 7) is 10.8. The lowest BCUT2D eigenvalue weighted by atomic mass is 10.0. The first-order valence-electron chi connectivity index (χ1n) is 7.52. The van der Waals surface area contributed by atoms with Crippen LogP contribution in [0.3, 0.4) is 0 Å². The van der Waals surface area contributed by atoms with E-state index in [2.05, 4.69) is 36.3 Å². The van der Waals surface area contributed by atoms with E-state index < -0.39 is 0 Å². The summed E-state index contributed by atoms with van der Waals surface area (Å²) in [5.74, 6) is 0.561. The summed E-state index contributed by atoms with van der Waals surface area (Å²) in [6.07, 6.45) is 3.22. The first kappa shape index (κ1) is 16.9. The van der Waals surface area contributed by atoms with Crippen molar-refractivity contribution in [3.8, 4) is 0 Å². The zero-order chi connectivity index (χ0) is 15.0. The molecule has 1 N–H and O–H groups in total. The van der Waals surface area contributed by atoms with Gasteiger partial charge in [-0.25, -0.2) is 0 Å². The van der Waals surface area contributed by atoms with Gasteiger partial charge in [0.05, 0.1) is 0 Å². The van der Waals surface area contributed by atoms with Gasteiger partial charge in [-0.2, -0.15) is 0 Å². The molecule has 0 aliphatic rings. The van der Waals surface area contributed by atoms with Gasteiger partial charge in [0.2, 0.25) is 10.1 Å². The van der Waals surface area contributed by atoms with Crippen molar-refractivity contribution >= 4 is 22.4 Å². The zero-order valence-corrected chi connectivity index (χ0v) is 13.8. The molecule has 1 heterocycles. The summed E-state index contributed by atoms with van der Waals surface area (Å²) in [4.78, 5) is 14.3. The second-order valence-electron chi connectivity index (χ2n) is 4.87. The highest BCUT2D eigenvalue weighted by Gasteiger charge is 2.21. The molecule has 0 fully saturated rings. The monoisotopic (exact) mass is 298 g/mol. The molecule has 6 heteroatoms.